The van der Waals surface area contributed by atoms with Gasteiger partial charge in [-0.3, -0.25) is 9.05 Å². The van der Waals surface area contributed by atoms with E-state index in [9.17, 15) is 19.6 Å². The monoisotopic (exact) mass is 930 g/mol. The molecule has 6 aromatic carbocycles. The zero-order valence-electron chi connectivity index (χ0n) is 37.1. The third-order valence-electron chi connectivity index (χ3n) is 10.6. The second-order valence-electron chi connectivity index (χ2n) is 15.9. The van der Waals surface area contributed by atoms with Gasteiger partial charge in [0.15, 0.2) is 17.7 Å². The molecule has 0 amide bonds. The summed E-state index contributed by atoms with van der Waals surface area (Å²) in [7, 11) is -11.5. The van der Waals surface area contributed by atoms with Crippen LogP contribution in [0.5, 0.6) is 11.5 Å². The molecule has 0 atom stereocenters. The smallest absolute Gasteiger partial charge is 0.193 e. The fraction of sp³-hybridized carbons (Fsp3) is 0.308. The van der Waals surface area contributed by atoms with Gasteiger partial charge in [0.1, 0.15) is 6.16 Å². The maximum absolute atomic E-state index is 11.0. The molecular formula is C52H69O9P3+2. The minimum absolute atomic E-state index is 0.129. The van der Waals surface area contributed by atoms with E-state index < -0.39 is 23.2 Å². The van der Waals surface area contributed by atoms with Crippen LogP contribution in [-0.4, -0.2) is 46.6 Å². The standard InChI is InChI=1S/2C20H28O3P.C12H13O3P/c1-2-3-4-5-6-13-18-24(21,22-19-14-9-7-10-15-19)23-20-16-11-8-12-17-20;21-24(22,23)17-11-3-1-2-10-16-20(18-12-6-4-7-13-18)19-14-8-5-9-15-19;13-16(14,15,11-7-3-1-4-8-11)12-9-5-2-6-10-12/h7-12,14-17,21H,2-6,13,18H2,1H3;4-9,12-15,20-23H,1-3,10-11,16-17H2;1-10,13-15H/q2*+1;. The van der Waals surface area contributed by atoms with E-state index in [-0.39, 0.29) is 16.8 Å². The van der Waals surface area contributed by atoms with Crippen molar-refractivity contribution in [2.45, 2.75) is 89.9 Å². The van der Waals surface area contributed by atoms with E-state index in [1.807, 2.05) is 60.7 Å². The number of rotatable bonds is 23. The summed E-state index contributed by atoms with van der Waals surface area (Å²) in [5.41, 5.74) is 2.72. The van der Waals surface area contributed by atoms with Crippen LogP contribution in [0.15, 0.2) is 182 Å². The SMILES string of the molecule is CCCCCCCC[P+](O)(Oc1ccccc1)Oc1ccccc1.OP(O)(O)(c1ccccc1)c1ccccc1.O[P+](O)(O)CCCCCCCC(c1ccccc1)c1ccccc1. The van der Waals surface area contributed by atoms with Crippen LogP contribution in [0.25, 0.3) is 0 Å². The minimum Gasteiger partial charge on any atom is -0.193 e. The Morgan fingerprint density at radius 1 is 0.406 bits per heavy atom. The molecule has 6 rings (SSSR count). The summed E-state index contributed by atoms with van der Waals surface area (Å²) < 4.78 is 11.8. The van der Waals surface area contributed by atoms with Crippen molar-refractivity contribution in [1.29, 1.82) is 0 Å². The minimum atomic E-state index is -4.93. The number of para-hydroxylation sites is 2. The summed E-state index contributed by atoms with van der Waals surface area (Å²) in [6, 6.07) is 56.3. The zero-order valence-corrected chi connectivity index (χ0v) is 39.8. The van der Waals surface area contributed by atoms with Crippen molar-refractivity contribution in [1.82, 2.24) is 0 Å². The predicted octanol–water partition coefficient (Wildman–Crippen LogP) is 12.1. The third kappa shape index (κ3) is 19.6. The van der Waals surface area contributed by atoms with Crippen LogP contribution in [0.4, 0.5) is 0 Å². The van der Waals surface area contributed by atoms with Gasteiger partial charge in [-0.05, 0) is 67.5 Å². The van der Waals surface area contributed by atoms with Crippen LogP contribution in [-0.2, 0) is 0 Å². The molecule has 0 heterocycles. The molecule has 64 heavy (non-hydrogen) atoms. The normalized spacial score (nSPS) is 12.2. The maximum atomic E-state index is 11.0. The summed E-state index contributed by atoms with van der Waals surface area (Å²) in [6.45, 7) is 2.21. The summed E-state index contributed by atoms with van der Waals surface area (Å²) in [4.78, 5) is 68.4. The average molecular weight is 931 g/mol. The van der Waals surface area contributed by atoms with E-state index in [1.165, 1.54) is 61.1 Å². The molecular weight excluding hydrogens is 861 g/mol. The van der Waals surface area contributed by atoms with Gasteiger partial charge in [0.2, 0.25) is 0 Å². The second-order valence-corrected chi connectivity index (χ2v) is 22.8. The van der Waals surface area contributed by atoms with Crippen LogP contribution >= 0.6 is 23.2 Å². The fourth-order valence-corrected chi connectivity index (χ4v) is 11.3. The molecule has 0 aliphatic rings. The molecule has 0 saturated carbocycles. The first-order chi connectivity index (χ1) is 30.8. The molecule has 6 aromatic rings. The van der Waals surface area contributed by atoms with Crippen molar-refractivity contribution in [2.75, 3.05) is 12.3 Å². The van der Waals surface area contributed by atoms with Gasteiger partial charge in [0, 0.05) is 5.92 Å². The summed E-state index contributed by atoms with van der Waals surface area (Å²) in [5, 5.41) is 0.277. The fourth-order valence-electron chi connectivity index (χ4n) is 7.15. The number of hydrogen-bond donors (Lipinski definition) is 7. The van der Waals surface area contributed by atoms with Crippen LogP contribution in [0.3, 0.4) is 0 Å². The predicted molar refractivity (Wildman–Crippen MR) is 268 cm³/mol. The van der Waals surface area contributed by atoms with E-state index in [4.69, 9.17) is 23.7 Å². The number of hydrogen-bond acceptors (Lipinski definition) is 9. The molecule has 0 aliphatic carbocycles. The number of benzene rings is 6. The van der Waals surface area contributed by atoms with E-state index in [1.54, 1.807) is 36.4 Å². The molecule has 0 saturated heterocycles. The molecule has 0 bridgehead atoms. The summed E-state index contributed by atoms with van der Waals surface area (Å²) >= 11 is 0. The van der Waals surface area contributed by atoms with Crippen molar-refractivity contribution in [2.24, 2.45) is 0 Å². The molecule has 0 fully saturated rings. The van der Waals surface area contributed by atoms with Gasteiger partial charge >= 0.3 is 109 Å². The van der Waals surface area contributed by atoms with Crippen molar-refractivity contribution >= 4 is 33.8 Å². The Morgan fingerprint density at radius 3 is 1.12 bits per heavy atom. The Morgan fingerprint density at radius 2 is 0.734 bits per heavy atom. The first-order valence-electron chi connectivity index (χ1n) is 22.4. The quantitative estimate of drug-likeness (QED) is 0.0245. The maximum Gasteiger partial charge on any atom is 0.403 e. The summed E-state index contributed by atoms with van der Waals surface area (Å²) in [5.74, 6) is 1.73. The van der Waals surface area contributed by atoms with Gasteiger partial charge < -0.3 is 0 Å². The van der Waals surface area contributed by atoms with Gasteiger partial charge in [-0.25, -0.2) is 0 Å². The molecule has 0 radical (unpaired) electrons. The van der Waals surface area contributed by atoms with E-state index in [2.05, 4.69) is 67.6 Å². The zero-order chi connectivity index (χ0) is 46.0. The first kappa shape index (κ1) is 52.6. The van der Waals surface area contributed by atoms with E-state index in [0.717, 1.165) is 44.9 Å². The van der Waals surface area contributed by atoms with Gasteiger partial charge in [0.25, 0.3) is 0 Å². The van der Waals surface area contributed by atoms with Crippen molar-refractivity contribution < 1.29 is 43.3 Å². The average Bonchev–Trinajstić information content (AvgIpc) is 3.30. The van der Waals surface area contributed by atoms with Crippen LogP contribution < -0.4 is 19.7 Å². The van der Waals surface area contributed by atoms with Gasteiger partial charge in [-0.2, -0.15) is 19.6 Å². The van der Waals surface area contributed by atoms with Crippen LogP contribution in [0.2, 0.25) is 0 Å². The largest absolute Gasteiger partial charge is 0.403 e. The molecule has 0 spiro atoms. The molecule has 9 nitrogen and oxygen atoms in total. The van der Waals surface area contributed by atoms with Gasteiger partial charge in [-0.1, -0.05) is 149 Å². The van der Waals surface area contributed by atoms with Gasteiger partial charge in [0.05, 0.1) is 0 Å². The molecule has 0 aliphatic heterocycles. The molecule has 12 heteroatoms. The van der Waals surface area contributed by atoms with Crippen LogP contribution in [0.1, 0.15) is 101 Å². The Bertz CT molecular complexity index is 1960. The Balaban J connectivity index is 0.000000215. The number of unbranched alkanes of at least 4 members (excludes halogenated alkanes) is 9. The van der Waals surface area contributed by atoms with Crippen molar-refractivity contribution in [3.05, 3.63) is 193 Å². The molecule has 0 unspecified atom stereocenters. The Hall–Kier alpha value is -4.07. The first-order valence-corrected chi connectivity index (χ1v) is 28.1. The van der Waals surface area contributed by atoms with Gasteiger partial charge in [-0.15, -0.1) is 0 Å². The van der Waals surface area contributed by atoms with E-state index >= 15 is 0 Å². The van der Waals surface area contributed by atoms with Crippen molar-refractivity contribution in [3.8, 4) is 11.5 Å². The topological polar surface area (TPSA) is 160 Å². The molecule has 7 N–H and O–H groups in total. The Kier molecular flexibility index (Phi) is 22.5. The molecule has 0 aromatic heterocycles. The molecule has 344 valence electrons. The Labute approximate surface area is 382 Å². The van der Waals surface area contributed by atoms with Crippen LogP contribution in [0, 0.1) is 0 Å². The summed E-state index contributed by atoms with van der Waals surface area (Å²) in [6.07, 6.45) is 13.7. The second kappa shape index (κ2) is 27.4. The van der Waals surface area contributed by atoms with E-state index in [0.29, 0.717) is 30.0 Å². The third-order valence-corrected chi connectivity index (χ3v) is 15.9. The van der Waals surface area contributed by atoms with Crippen molar-refractivity contribution in [3.63, 3.8) is 0 Å².